The van der Waals surface area contributed by atoms with Crippen molar-refractivity contribution < 1.29 is 4.79 Å². The minimum Gasteiger partial charge on any atom is -0.330 e. The van der Waals surface area contributed by atoms with Crippen LogP contribution in [0.15, 0.2) is 97.2 Å². The summed E-state index contributed by atoms with van der Waals surface area (Å²) in [5, 5.41) is 0. The van der Waals surface area contributed by atoms with Gasteiger partial charge in [0.2, 0.25) is 0 Å². The van der Waals surface area contributed by atoms with Crippen molar-refractivity contribution in [1.29, 1.82) is 0 Å². The summed E-state index contributed by atoms with van der Waals surface area (Å²) in [5.41, 5.74) is 9.08. The largest absolute Gasteiger partial charge is 0.330 e. The predicted molar refractivity (Wildman–Crippen MR) is 147 cm³/mol. The highest BCUT2D eigenvalue weighted by Crippen LogP contribution is 2.38. The number of hydrogen-bond donors (Lipinski definition) is 1. The van der Waals surface area contributed by atoms with Crippen LogP contribution in [0.2, 0.25) is 0 Å². The molecule has 0 saturated heterocycles. The number of carbonyl (C=O) groups excluding carboxylic acids is 1. The number of nitrogens with two attached hydrogens (primary N) is 1. The Kier molecular flexibility index (Phi) is 8.01. The normalized spacial score (nSPS) is 12.9. The molecular formula is C31H36N4O. The third kappa shape index (κ3) is 5.26. The smallest absolute Gasteiger partial charge is 0.254 e. The van der Waals surface area contributed by atoms with E-state index in [4.69, 9.17) is 10.7 Å². The van der Waals surface area contributed by atoms with Crippen molar-refractivity contribution in [3.63, 3.8) is 0 Å². The van der Waals surface area contributed by atoms with Gasteiger partial charge in [-0.05, 0) is 43.5 Å². The Bertz CT molecular complexity index is 1250. The summed E-state index contributed by atoms with van der Waals surface area (Å²) in [6.07, 6.45) is 2.83. The van der Waals surface area contributed by atoms with Crippen molar-refractivity contribution in [2.24, 2.45) is 11.7 Å². The van der Waals surface area contributed by atoms with E-state index in [0.717, 1.165) is 17.1 Å². The Labute approximate surface area is 214 Å². The lowest BCUT2D eigenvalue weighted by atomic mass is 9.84. The van der Waals surface area contributed by atoms with Gasteiger partial charge in [0.05, 0.1) is 5.69 Å². The molecule has 0 bridgehead atoms. The number of nitrogens with zero attached hydrogens (tertiary/aromatic N) is 3. The van der Waals surface area contributed by atoms with Crippen LogP contribution in [-0.2, 0) is 12.1 Å². The van der Waals surface area contributed by atoms with E-state index in [2.05, 4.69) is 67.9 Å². The Morgan fingerprint density at radius 3 is 2.11 bits per heavy atom. The van der Waals surface area contributed by atoms with Gasteiger partial charge in [-0.2, -0.15) is 0 Å². The summed E-state index contributed by atoms with van der Waals surface area (Å²) in [6.45, 7) is 8.21. The molecule has 0 aliphatic carbocycles. The molecule has 0 radical (unpaired) electrons. The first-order valence-corrected chi connectivity index (χ1v) is 12.7. The third-order valence-corrected chi connectivity index (χ3v) is 7.03. The van der Waals surface area contributed by atoms with Crippen LogP contribution in [0, 0.1) is 5.92 Å². The molecule has 0 fully saturated rings. The highest BCUT2D eigenvalue weighted by atomic mass is 16.2. The van der Waals surface area contributed by atoms with E-state index in [-0.39, 0.29) is 11.8 Å². The number of amides is 1. The molecule has 4 rings (SSSR count). The lowest BCUT2D eigenvalue weighted by molar-refractivity contribution is 0.0306. The Balaban J connectivity index is 1.88. The molecule has 1 unspecified atom stereocenters. The average Bonchev–Trinajstić information content (AvgIpc) is 3.34. The molecule has 1 atom stereocenters. The first-order chi connectivity index (χ1) is 17.4. The fraction of sp³-hybridized carbons (Fsp3) is 0.290. The molecule has 0 aliphatic heterocycles. The summed E-state index contributed by atoms with van der Waals surface area (Å²) in [6, 6.07) is 30.1. The minimum absolute atomic E-state index is 0.00391. The second-order valence-electron chi connectivity index (χ2n) is 9.70. The van der Waals surface area contributed by atoms with Gasteiger partial charge in [0.15, 0.2) is 0 Å². The van der Waals surface area contributed by atoms with Crippen molar-refractivity contribution >= 4 is 5.91 Å². The molecule has 1 heterocycles. The summed E-state index contributed by atoms with van der Waals surface area (Å²) < 4.78 is 2.21. The van der Waals surface area contributed by atoms with Crippen LogP contribution in [0.1, 0.15) is 48.9 Å². The van der Waals surface area contributed by atoms with Gasteiger partial charge in [-0.3, -0.25) is 4.79 Å². The van der Waals surface area contributed by atoms with Gasteiger partial charge in [0, 0.05) is 30.4 Å². The molecule has 5 heteroatoms. The average molecular weight is 481 g/mol. The third-order valence-electron chi connectivity index (χ3n) is 7.03. The van der Waals surface area contributed by atoms with E-state index >= 15 is 0 Å². The van der Waals surface area contributed by atoms with Crippen molar-refractivity contribution in [1.82, 2.24) is 14.5 Å². The number of benzene rings is 3. The van der Waals surface area contributed by atoms with Crippen molar-refractivity contribution in [3.05, 3.63) is 114 Å². The van der Waals surface area contributed by atoms with Crippen LogP contribution >= 0.6 is 0 Å². The zero-order chi connectivity index (χ0) is 25.5. The van der Waals surface area contributed by atoms with E-state index < -0.39 is 5.54 Å². The summed E-state index contributed by atoms with van der Waals surface area (Å²) in [5.74, 6) is 0.973. The highest BCUT2D eigenvalue weighted by molar-refractivity contribution is 5.94. The minimum atomic E-state index is -0.663. The SMILES string of the molecule is CC(C)C(C)(c1nc(-c2ccccc2)cn1Cc1ccccc1)N(CCCN)C(=O)c1ccccc1. The predicted octanol–water partition coefficient (Wildman–Crippen LogP) is 5.96. The summed E-state index contributed by atoms with van der Waals surface area (Å²) in [7, 11) is 0. The fourth-order valence-electron chi connectivity index (χ4n) is 4.69. The van der Waals surface area contributed by atoms with Crippen LogP contribution in [0.5, 0.6) is 0 Å². The Hall–Kier alpha value is -3.70. The van der Waals surface area contributed by atoms with E-state index in [1.807, 2.05) is 59.5 Å². The van der Waals surface area contributed by atoms with Gasteiger partial charge in [-0.1, -0.05) is 92.7 Å². The lowest BCUT2D eigenvalue weighted by Gasteiger charge is -2.44. The molecule has 1 amide bonds. The number of rotatable bonds is 10. The maximum absolute atomic E-state index is 14.0. The Morgan fingerprint density at radius 1 is 0.944 bits per heavy atom. The van der Waals surface area contributed by atoms with E-state index in [1.165, 1.54) is 5.56 Å². The second kappa shape index (κ2) is 11.4. The number of carbonyl (C=O) groups is 1. The van der Waals surface area contributed by atoms with Gasteiger partial charge in [-0.25, -0.2) is 4.98 Å². The number of imidazole rings is 1. The standard InChI is InChI=1S/C31H36N4O/c1-24(2)31(3,35(21-13-20-32)29(36)27-18-11-6-12-19-27)30-33-28(26-16-9-5-10-17-26)23-34(30)22-25-14-7-4-8-15-25/h4-12,14-19,23-24H,13,20-22,32H2,1-3H3. The second-order valence-corrected chi connectivity index (χ2v) is 9.70. The maximum Gasteiger partial charge on any atom is 0.254 e. The number of aromatic nitrogens is 2. The number of hydrogen-bond acceptors (Lipinski definition) is 3. The topological polar surface area (TPSA) is 64.2 Å². The molecule has 0 spiro atoms. The Morgan fingerprint density at radius 2 is 1.53 bits per heavy atom. The summed E-state index contributed by atoms with van der Waals surface area (Å²) in [4.78, 5) is 21.2. The molecular weight excluding hydrogens is 444 g/mol. The molecule has 2 N–H and O–H groups in total. The fourth-order valence-corrected chi connectivity index (χ4v) is 4.69. The molecule has 186 valence electrons. The monoisotopic (exact) mass is 480 g/mol. The summed E-state index contributed by atoms with van der Waals surface area (Å²) >= 11 is 0. The zero-order valence-corrected chi connectivity index (χ0v) is 21.5. The van der Waals surface area contributed by atoms with E-state index in [0.29, 0.717) is 31.6 Å². The quantitative estimate of drug-likeness (QED) is 0.305. The first-order valence-electron chi connectivity index (χ1n) is 12.7. The lowest BCUT2D eigenvalue weighted by Crippen LogP contribution is -2.53. The molecule has 3 aromatic carbocycles. The van der Waals surface area contributed by atoms with Gasteiger partial charge in [-0.15, -0.1) is 0 Å². The van der Waals surface area contributed by atoms with E-state index in [9.17, 15) is 4.79 Å². The van der Waals surface area contributed by atoms with Crippen molar-refractivity contribution in [2.45, 2.75) is 39.3 Å². The van der Waals surface area contributed by atoms with Crippen LogP contribution in [-0.4, -0.2) is 33.4 Å². The van der Waals surface area contributed by atoms with Gasteiger partial charge >= 0.3 is 0 Å². The molecule has 1 aromatic heterocycles. The molecule has 5 nitrogen and oxygen atoms in total. The van der Waals surface area contributed by atoms with Gasteiger partial charge in [0.1, 0.15) is 11.4 Å². The molecule has 36 heavy (non-hydrogen) atoms. The van der Waals surface area contributed by atoms with Gasteiger partial charge in [0.25, 0.3) is 5.91 Å². The van der Waals surface area contributed by atoms with E-state index in [1.54, 1.807) is 0 Å². The zero-order valence-electron chi connectivity index (χ0n) is 21.5. The van der Waals surface area contributed by atoms with Crippen LogP contribution < -0.4 is 5.73 Å². The maximum atomic E-state index is 14.0. The van der Waals surface area contributed by atoms with Crippen molar-refractivity contribution in [2.75, 3.05) is 13.1 Å². The van der Waals surface area contributed by atoms with Crippen LogP contribution in [0.3, 0.4) is 0 Å². The highest BCUT2D eigenvalue weighted by Gasteiger charge is 2.43. The first kappa shape index (κ1) is 25.4. The molecule has 4 aromatic rings. The van der Waals surface area contributed by atoms with Crippen LogP contribution in [0.4, 0.5) is 0 Å². The van der Waals surface area contributed by atoms with Crippen LogP contribution in [0.25, 0.3) is 11.3 Å². The van der Waals surface area contributed by atoms with Crippen molar-refractivity contribution in [3.8, 4) is 11.3 Å². The van der Waals surface area contributed by atoms with Gasteiger partial charge < -0.3 is 15.2 Å². The molecule has 0 aliphatic rings. The molecule has 0 saturated carbocycles.